The van der Waals surface area contributed by atoms with Gasteiger partial charge in [0.1, 0.15) is 4.60 Å². The molecule has 0 fully saturated rings. The Morgan fingerprint density at radius 2 is 1.89 bits per heavy atom. The summed E-state index contributed by atoms with van der Waals surface area (Å²) in [5.74, 6) is 0. The molecule has 4 nitrogen and oxygen atoms in total. The van der Waals surface area contributed by atoms with Crippen LogP contribution in [0.5, 0.6) is 0 Å². The molecule has 6 heteroatoms. The zero-order valence-corrected chi connectivity index (χ0v) is 12.8. The fraction of sp³-hybridized carbons (Fsp3) is 0.231. The highest BCUT2D eigenvalue weighted by Gasteiger charge is 2.22. The standard InChI is InChI=1S/C13H14BrNO3S/c1-2-12-10(9-16)8-15(13(12)14)19(17,18)11-6-4-3-5-7-11/h3-8,16H,2,9H2,1H3. The van der Waals surface area contributed by atoms with Gasteiger partial charge in [0.2, 0.25) is 0 Å². The number of halogens is 1. The first-order valence-electron chi connectivity index (χ1n) is 5.82. The van der Waals surface area contributed by atoms with E-state index in [1.165, 1.54) is 10.2 Å². The molecule has 0 aliphatic heterocycles. The maximum atomic E-state index is 12.5. The zero-order valence-electron chi connectivity index (χ0n) is 10.4. The topological polar surface area (TPSA) is 59.3 Å². The minimum absolute atomic E-state index is 0.181. The van der Waals surface area contributed by atoms with Crippen LogP contribution < -0.4 is 0 Å². The summed E-state index contributed by atoms with van der Waals surface area (Å²) < 4.78 is 26.7. The number of hydrogen-bond donors (Lipinski definition) is 1. The van der Waals surface area contributed by atoms with Gasteiger partial charge >= 0.3 is 0 Å². The van der Waals surface area contributed by atoms with Gasteiger partial charge in [0.05, 0.1) is 11.5 Å². The lowest BCUT2D eigenvalue weighted by molar-refractivity contribution is 0.281. The summed E-state index contributed by atoms with van der Waals surface area (Å²) in [5.41, 5.74) is 1.43. The summed E-state index contributed by atoms with van der Waals surface area (Å²) in [6.45, 7) is 1.73. The number of aromatic nitrogens is 1. The van der Waals surface area contributed by atoms with Crippen molar-refractivity contribution in [3.05, 3.63) is 52.3 Å². The van der Waals surface area contributed by atoms with Crippen LogP contribution in [0.15, 0.2) is 46.0 Å². The molecule has 2 aromatic rings. The van der Waals surface area contributed by atoms with Gasteiger partial charge < -0.3 is 5.11 Å². The number of aliphatic hydroxyl groups is 1. The maximum absolute atomic E-state index is 12.5. The monoisotopic (exact) mass is 343 g/mol. The van der Waals surface area contributed by atoms with E-state index in [1.54, 1.807) is 30.3 Å². The Labute approximate surface area is 120 Å². The van der Waals surface area contributed by atoms with Gasteiger partial charge in [-0.25, -0.2) is 12.4 Å². The van der Waals surface area contributed by atoms with Crippen molar-refractivity contribution >= 4 is 26.0 Å². The molecule has 102 valence electrons. The SMILES string of the molecule is CCc1c(CO)cn(S(=O)(=O)c2ccccc2)c1Br. The van der Waals surface area contributed by atoms with Crippen molar-refractivity contribution in [2.24, 2.45) is 0 Å². The van der Waals surface area contributed by atoms with Crippen molar-refractivity contribution in [1.29, 1.82) is 0 Å². The average molecular weight is 344 g/mol. The van der Waals surface area contributed by atoms with Gasteiger partial charge in [0, 0.05) is 11.8 Å². The number of hydrogen-bond acceptors (Lipinski definition) is 3. The summed E-state index contributed by atoms with van der Waals surface area (Å²) in [5, 5.41) is 9.29. The zero-order chi connectivity index (χ0) is 14.0. The Balaban J connectivity index is 2.63. The van der Waals surface area contributed by atoms with Crippen LogP contribution in [0.2, 0.25) is 0 Å². The smallest absolute Gasteiger partial charge is 0.268 e. The van der Waals surface area contributed by atoms with Crippen LogP contribution in [0, 0.1) is 0 Å². The molecule has 0 saturated carbocycles. The Kier molecular flexibility index (Phi) is 4.13. The Hall–Kier alpha value is -1.11. The van der Waals surface area contributed by atoms with Gasteiger partial charge in [-0.2, -0.15) is 0 Å². The third-order valence-electron chi connectivity index (χ3n) is 2.93. The molecule has 1 heterocycles. The van der Waals surface area contributed by atoms with Gasteiger partial charge in [0.15, 0.2) is 0 Å². The molecule has 0 aliphatic carbocycles. The van der Waals surface area contributed by atoms with Crippen LogP contribution in [-0.2, 0) is 23.1 Å². The minimum atomic E-state index is -3.63. The lowest BCUT2D eigenvalue weighted by Crippen LogP contribution is -2.12. The maximum Gasteiger partial charge on any atom is 0.268 e. The molecule has 1 N–H and O–H groups in total. The van der Waals surface area contributed by atoms with Crippen LogP contribution >= 0.6 is 15.9 Å². The molecule has 0 saturated heterocycles. The second-order valence-corrected chi connectivity index (χ2v) is 6.62. The van der Waals surface area contributed by atoms with Crippen LogP contribution in [0.4, 0.5) is 0 Å². The molecule has 0 unspecified atom stereocenters. The van der Waals surface area contributed by atoms with Crippen LogP contribution in [0.3, 0.4) is 0 Å². The lowest BCUT2D eigenvalue weighted by Gasteiger charge is -2.07. The van der Waals surface area contributed by atoms with Crippen molar-refractivity contribution in [3.63, 3.8) is 0 Å². The number of benzene rings is 1. The van der Waals surface area contributed by atoms with E-state index in [0.717, 1.165) is 5.56 Å². The largest absolute Gasteiger partial charge is 0.392 e. The summed E-state index contributed by atoms with van der Waals surface area (Å²) in [7, 11) is -3.63. The van der Waals surface area contributed by atoms with E-state index < -0.39 is 10.0 Å². The molecular formula is C13H14BrNO3S. The molecule has 1 aromatic carbocycles. The molecule has 0 atom stereocenters. The molecule has 19 heavy (non-hydrogen) atoms. The predicted octanol–water partition coefficient (Wildman–Crippen LogP) is 2.54. The van der Waals surface area contributed by atoms with E-state index in [-0.39, 0.29) is 11.5 Å². The molecule has 0 radical (unpaired) electrons. The fourth-order valence-electron chi connectivity index (χ4n) is 1.93. The lowest BCUT2D eigenvalue weighted by atomic mass is 10.2. The van der Waals surface area contributed by atoms with Crippen molar-refractivity contribution in [3.8, 4) is 0 Å². The highest BCUT2D eigenvalue weighted by atomic mass is 79.9. The summed E-state index contributed by atoms with van der Waals surface area (Å²) in [4.78, 5) is 0.220. The Bertz CT molecular complexity index is 677. The average Bonchev–Trinajstić information content (AvgIpc) is 2.76. The third kappa shape index (κ3) is 2.48. The first kappa shape index (κ1) is 14.3. The van der Waals surface area contributed by atoms with E-state index in [1.807, 2.05) is 6.92 Å². The van der Waals surface area contributed by atoms with Crippen molar-refractivity contribution in [1.82, 2.24) is 3.97 Å². The van der Waals surface area contributed by atoms with Crippen LogP contribution in [-0.4, -0.2) is 17.5 Å². The molecule has 0 amide bonds. The van der Waals surface area contributed by atoms with Crippen molar-refractivity contribution in [2.45, 2.75) is 24.8 Å². The highest BCUT2D eigenvalue weighted by molar-refractivity contribution is 9.10. The third-order valence-corrected chi connectivity index (χ3v) is 5.70. The van der Waals surface area contributed by atoms with E-state index in [4.69, 9.17) is 0 Å². The molecule has 0 bridgehead atoms. The van der Waals surface area contributed by atoms with E-state index in [2.05, 4.69) is 15.9 Å². The van der Waals surface area contributed by atoms with Gasteiger partial charge in [-0.3, -0.25) is 0 Å². The van der Waals surface area contributed by atoms with E-state index >= 15 is 0 Å². The molecule has 0 spiro atoms. The van der Waals surface area contributed by atoms with E-state index in [9.17, 15) is 13.5 Å². The highest BCUT2D eigenvalue weighted by Crippen LogP contribution is 2.28. The summed E-state index contributed by atoms with van der Waals surface area (Å²) in [6.07, 6.45) is 2.11. The molecule has 1 aromatic heterocycles. The second-order valence-electron chi connectivity index (χ2n) is 4.05. The van der Waals surface area contributed by atoms with Crippen molar-refractivity contribution < 1.29 is 13.5 Å². The number of nitrogens with zero attached hydrogens (tertiary/aromatic N) is 1. The molecule has 0 aliphatic rings. The Morgan fingerprint density at radius 3 is 2.37 bits per heavy atom. The second kappa shape index (κ2) is 5.48. The fourth-order valence-corrected chi connectivity index (χ4v) is 4.46. The number of aliphatic hydroxyl groups excluding tert-OH is 1. The number of rotatable bonds is 4. The van der Waals surface area contributed by atoms with Gasteiger partial charge in [-0.1, -0.05) is 25.1 Å². The Morgan fingerprint density at radius 1 is 1.26 bits per heavy atom. The summed E-state index contributed by atoms with van der Waals surface area (Å²) >= 11 is 3.31. The normalized spacial score (nSPS) is 11.7. The van der Waals surface area contributed by atoms with Crippen LogP contribution in [0.25, 0.3) is 0 Å². The minimum Gasteiger partial charge on any atom is -0.392 e. The van der Waals surface area contributed by atoms with Gasteiger partial charge in [0.25, 0.3) is 10.0 Å². The summed E-state index contributed by atoms with van der Waals surface area (Å²) in [6, 6.07) is 8.22. The van der Waals surface area contributed by atoms with Crippen molar-refractivity contribution in [2.75, 3.05) is 0 Å². The molecule has 2 rings (SSSR count). The van der Waals surface area contributed by atoms with Gasteiger partial charge in [-0.05, 0) is 40.0 Å². The first-order valence-corrected chi connectivity index (χ1v) is 8.05. The van der Waals surface area contributed by atoms with E-state index in [0.29, 0.717) is 16.6 Å². The predicted molar refractivity (Wildman–Crippen MR) is 76.5 cm³/mol. The van der Waals surface area contributed by atoms with Gasteiger partial charge in [-0.15, -0.1) is 0 Å². The van der Waals surface area contributed by atoms with Crippen LogP contribution in [0.1, 0.15) is 18.1 Å². The first-order chi connectivity index (χ1) is 9.02. The molecular weight excluding hydrogens is 330 g/mol. The quantitative estimate of drug-likeness (QED) is 0.927.